The Morgan fingerprint density at radius 2 is 0.946 bits per heavy atom. The zero-order chi connectivity index (χ0) is 25.6. The van der Waals surface area contributed by atoms with Crippen LogP contribution in [-0.4, -0.2) is 9.13 Å². The van der Waals surface area contributed by atoms with E-state index < -0.39 is 23.3 Å². The van der Waals surface area contributed by atoms with Crippen LogP contribution in [0.1, 0.15) is 12.8 Å². The van der Waals surface area contributed by atoms with E-state index in [-0.39, 0.29) is 26.2 Å². The third-order valence-electron chi connectivity index (χ3n) is 4.62. The fraction of sp³-hybridized carbons (Fsp3) is 0.0667. The molecule has 6 rings (SSSR count). The molecule has 7 heteroatoms. The van der Waals surface area contributed by atoms with Gasteiger partial charge in [-0.1, -0.05) is 0 Å². The number of halogens is 4. The predicted octanol–water partition coefficient (Wildman–Crippen LogP) is 7.72. The quantitative estimate of drug-likeness (QED) is 0.171. The van der Waals surface area contributed by atoms with Crippen LogP contribution in [-0.2, 0) is 26.2 Å². The molecule has 0 saturated heterocycles. The summed E-state index contributed by atoms with van der Waals surface area (Å²) in [5, 5.41) is 0. The van der Waals surface area contributed by atoms with Crippen molar-refractivity contribution in [3.05, 3.63) is 157 Å². The molecule has 2 nitrogen and oxygen atoms in total. The summed E-state index contributed by atoms with van der Waals surface area (Å²) in [5.41, 5.74) is 0.595. The van der Waals surface area contributed by atoms with E-state index in [2.05, 4.69) is 24.3 Å². The van der Waals surface area contributed by atoms with E-state index in [0.29, 0.717) is 11.4 Å². The van der Waals surface area contributed by atoms with Crippen LogP contribution in [0.2, 0.25) is 0 Å². The van der Waals surface area contributed by atoms with Gasteiger partial charge in [-0.15, -0.1) is 49.2 Å². The maximum atomic E-state index is 13.1. The number of allylic oxidation sites excluding steroid dienone is 8. The van der Waals surface area contributed by atoms with Gasteiger partial charge in [0.25, 0.3) is 0 Å². The number of rotatable bonds is 2. The summed E-state index contributed by atoms with van der Waals surface area (Å²) in [5.74, 6) is -2.74. The van der Waals surface area contributed by atoms with Crippen LogP contribution in [0, 0.1) is 47.6 Å². The van der Waals surface area contributed by atoms with Crippen LogP contribution in [0.15, 0.2) is 110 Å². The summed E-state index contributed by atoms with van der Waals surface area (Å²) in [4.78, 5) is 0. The van der Waals surface area contributed by atoms with Crippen molar-refractivity contribution in [2.75, 3.05) is 0 Å². The van der Waals surface area contributed by atoms with Gasteiger partial charge in [0.2, 0.25) is 0 Å². The van der Waals surface area contributed by atoms with Gasteiger partial charge >= 0.3 is 26.2 Å². The van der Waals surface area contributed by atoms with Gasteiger partial charge in [-0.3, -0.25) is 12.2 Å². The number of nitrogens with zero attached hydrogens (tertiary/aromatic N) is 2. The summed E-state index contributed by atoms with van der Waals surface area (Å²) in [7, 11) is 0. The molecule has 0 bridgehead atoms. The molecule has 0 spiro atoms. The first-order valence-electron chi connectivity index (χ1n) is 11.0. The molecule has 184 valence electrons. The molecule has 0 saturated carbocycles. The Morgan fingerprint density at radius 1 is 0.568 bits per heavy atom. The third-order valence-corrected chi connectivity index (χ3v) is 4.62. The summed E-state index contributed by atoms with van der Waals surface area (Å²) in [6.07, 6.45) is 26.7. The van der Waals surface area contributed by atoms with E-state index in [1.807, 2.05) is 36.4 Å². The van der Waals surface area contributed by atoms with Gasteiger partial charge in [0, 0.05) is 23.3 Å². The monoisotopic (exact) mass is 576 g/mol. The average molecular weight is 578 g/mol. The van der Waals surface area contributed by atoms with Gasteiger partial charge in [-0.25, -0.2) is 41.9 Å². The van der Waals surface area contributed by atoms with E-state index in [1.165, 1.54) is 24.3 Å². The van der Waals surface area contributed by atoms with Gasteiger partial charge in [0.15, 0.2) is 0 Å². The van der Waals surface area contributed by atoms with Crippen LogP contribution in [0.4, 0.5) is 17.6 Å². The molecule has 37 heavy (non-hydrogen) atoms. The predicted molar refractivity (Wildman–Crippen MR) is 132 cm³/mol. The van der Waals surface area contributed by atoms with Crippen molar-refractivity contribution in [2.24, 2.45) is 0 Å². The van der Waals surface area contributed by atoms with Crippen molar-refractivity contribution in [1.82, 2.24) is 9.13 Å². The van der Waals surface area contributed by atoms with Gasteiger partial charge in [0.1, 0.15) is 0 Å². The van der Waals surface area contributed by atoms with Crippen molar-refractivity contribution in [2.45, 2.75) is 12.8 Å². The zero-order valence-electron chi connectivity index (χ0n) is 19.7. The Labute approximate surface area is 233 Å². The summed E-state index contributed by atoms with van der Waals surface area (Å²) >= 11 is 0. The molecule has 0 radical (unpaired) electrons. The summed E-state index contributed by atoms with van der Waals surface area (Å²) in [6.45, 7) is 0. The Hall–Kier alpha value is -3.44. The fourth-order valence-corrected chi connectivity index (χ4v) is 2.94. The van der Waals surface area contributed by atoms with Gasteiger partial charge in [-0.05, 0) is 60.4 Å². The minimum absolute atomic E-state index is 0. The SMILES string of the molecule is Fc1[c-]c(F)c(-n2cccc2)cc1.Fc1[c-]c(F)c(-n2cccc2)cc1.[C-]1=CC=CC1.[C-]1=CC=CC1.[Zr+4]. The molecule has 0 unspecified atom stereocenters. The van der Waals surface area contributed by atoms with E-state index in [9.17, 15) is 17.6 Å². The first-order valence-corrected chi connectivity index (χ1v) is 11.0. The fourth-order valence-electron chi connectivity index (χ4n) is 2.94. The normalized spacial score (nSPS) is 12.0. The second kappa shape index (κ2) is 16.3. The average Bonchev–Trinajstić information content (AvgIpc) is 3.69. The molecule has 2 aliphatic rings. The number of hydrogen-bond acceptors (Lipinski definition) is 0. The molecule has 0 N–H and O–H groups in total. The van der Waals surface area contributed by atoms with E-state index in [4.69, 9.17) is 0 Å². The van der Waals surface area contributed by atoms with Crippen LogP contribution < -0.4 is 0 Å². The standard InChI is InChI=1S/2C10H6F2N.2C5H5.Zr/c2*11-8-3-4-10(9(12)7-8)13-5-1-2-6-13;2*1-2-4-5-3-1;/h2*1-6H;2*1-3H,4H2;/q4*-1;+4. The minimum Gasteiger partial charge on any atom is -0.375 e. The topological polar surface area (TPSA) is 9.86 Å². The van der Waals surface area contributed by atoms with Crippen LogP contribution >= 0.6 is 0 Å². The van der Waals surface area contributed by atoms with Gasteiger partial charge in [0.05, 0.1) is 0 Å². The molecule has 4 aromatic rings. The van der Waals surface area contributed by atoms with E-state index in [1.54, 1.807) is 58.2 Å². The number of benzene rings is 2. The van der Waals surface area contributed by atoms with Gasteiger partial charge < -0.3 is 9.13 Å². The number of aromatic nitrogens is 2. The van der Waals surface area contributed by atoms with Crippen molar-refractivity contribution in [3.63, 3.8) is 0 Å². The van der Waals surface area contributed by atoms with Crippen LogP contribution in [0.25, 0.3) is 11.4 Å². The second-order valence-electron chi connectivity index (χ2n) is 7.20. The summed E-state index contributed by atoms with van der Waals surface area (Å²) in [6, 6.07) is 16.1. The van der Waals surface area contributed by atoms with E-state index >= 15 is 0 Å². The van der Waals surface area contributed by atoms with Crippen molar-refractivity contribution < 1.29 is 43.8 Å². The minimum atomic E-state index is -0.687. The first kappa shape index (κ1) is 29.8. The maximum Gasteiger partial charge on any atom is 4.00 e. The molecule has 2 aromatic carbocycles. The Bertz CT molecular complexity index is 1200. The molecule has 0 atom stereocenters. The molecule has 2 aliphatic carbocycles. The van der Waals surface area contributed by atoms with Crippen molar-refractivity contribution >= 4 is 0 Å². The van der Waals surface area contributed by atoms with Crippen LogP contribution in [0.5, 0.6) is 0 Å². The maximum absolute atomic E-state index is 13.1. The Kier molecular flexibility index (Phi) is 13.2. The number of hydrogen-bond donors (Lipinski definition) is 0. The largest absolute Gasteiger partial charge is 4.00 e. The first-order chi connectivity index (χ1) is 17.5. The van der Waals surface area contributed by atoms with Crippen molar-refractivity contribution in [3.8, 4) is 11.4 Å². The molecule has 2 heterocycles. The molecular formula is C30H22F4N2Zr. The summed E-state index contributed by atoms with van der Waals surface area (Å²) < 4.78 is 54.3. The van der Waals surface area contributed by atoms with Gasteiger partial charge in [-0.2, -0.15) is 12.2 Å². The third kappa shape index (κ3) is 10.2. The molecule has 0 fully saturated rings. The Balaban J connectivity index is 0.000000187. The molecule has 2 aromatic heterocycles. The molecule has 0 aliphatic heterocycles. The van der Waals surface area contributed by atoms with Crippen molar-refractivity contribution in [1.29, 1.82) is 0 Å². The van der Waals surface area contributed by atoms with Crippen LogP contribution in [0.3, 0.4) is 0 Å². The second-order valence-corrected chi connectivity index (χ2v) is 7.20. The molecule has 0 amide bonds. The molecular weight excluding hydrogens is 556 g/mol. The smallest absolute Gasteiger partial charge is 0.375 e. The van der Waals surface area contributed by atoms with E-state index in [0.717, 1.165) is 12.8 Å². The Morgan fingerprint density at radius 3 is 1.19 bits per heavy atom. The zero-order valence-corrected chi connectivity index (χ0v) is 22.2.